The van der Waals surface area contributed by atoms with Crippen LogP contribution in [0.1, 0.15) is 26.2 Å². The number of ether oxygens (including phenoxy) is 1. The maximum Gasteiger partial charge on any atom is 0.327 e. The molecular weight excluding hydrogens is 202 g/mol. The van der Waals surface area contributed by atoms with Crippen molar-refractivity contribution in [1.82, 2.24) is 0 Å². The maximum atomic E-state index is 11.8. The van der Waals surface area contributed by atoms with Gasteiger partial charge in [-0.25, -0.2) is 0 Å². The van der Waals surface area contributed by atoms with Crippen molar-refractivity contribution in [3.8, 4) is 6.07 Å². The van der Waals surface area contributed by atoms with Crippen LogP contribution in [0.15, 0.2) is 30.3 Å². The lowest BCUT2D eigenvalue weighted by molar-refractivity contribution is -0.147. The molecule has 0 radical (unpaired) electrons. The largest absolute Gasteiger partial charge is 0.465 e. The Kier molecular flexibility index (Phi) is 2.34. The minimum atomic E-state index is -1.33. The normalized spacial score (nSPS) is 32.4. The second-order valence-electron chi connectivity index (χ2n) is 3.76. The van der Waals surface area contributed by atoms with Crippen molar-refractivity contribution in [3.05, 3.63) is 35.9 Å². The fraction of sp³-hybridized carbons (Fsp3) is 0.385. The van der Waals surface area contributed by atoms with Crippen molar-refractivity contribution in [3.63, 3.8) is 0 Å². The Balaban J connectivity index is 2.33. The van der Waals surface area contributed by atoms with Crippen molar-refractivity contribution in [2.24, 2.45) is 5.41 Å². The Hall–Kier alpha value is -1.82. The molecule has 0 amide bonds. The molecule has 2 rings (SSSR count). The molecule has 0 N–H and O–H groups in total. The van der Waals surface area contributed by atoms with Crippen molar-refractivity contribution in [2.45, 2.75) is 19.2 Å². The summed E-state index contributed by atoms with van der Waals surface area (Å²) in [4.78, 5) is 11.8. The van der Waals surface area contributed by atoms with Crippen LogP contribution in [0.3, 0.4) is 0 Å². The highest BCUT2D eigenvalue weighted by molar-refractivity contribution is 5.85. The minimum absolute atomic E-state index is 0.208. The minimum Gasteiger partial charge on any atom is -0.465 e. The summed E-state index contributed by atoms with van der Waals surface area (Å²) in [5.74, 6) is -1.74. The number of nitriles is 1. The van der Waals surface area contributed by atoms with Gasteiger partial charge in [0.25, 0.3) is 0 Å². The molecule has 1 aliphatic rings. The van der Waals surface area contributed by atoms with E-state index in [1.54, 1.807) is 31.2 Å². The summed E-state index contributed by atoms with van der Waals surface area (Å²) in [6.45, 7) is 1.92. The van der Waals surface area contributed by atoms with E-state index in [1.165, 1.54) is 0 Å². The zero-order chi connectivity index (χ0) is 12.5. The number of hydrogen-bond acceptors (Lipinski definition) is 3. The van der Waals surface area contributed by atoms with Gasteiger partial charge < -0.3 is 4.74 Å². The number of carbonyl (C=O) groups excluding carboxylic acids is 1. The molecule has 1 saturated carbocycles. The standard InChI is InChI=1S/C13H13NO2/c1-2-16-12(15)13(9-14)8-11(13)10-6-4-3-5-7-10/h3-7,11H,2,8H2,1H3/t11-,13-/m1/s1/i11D. The fourth-order valence-corrected chi connectivity index (χ4v) is 1.81. The number of esters is 1. The fourth-order valence-electron chi connectivity index (χ4n) is 1.81. The zero-order valence-electron chi connectivity index (χ0n) is 10.1. The number of benzene rings is 1. The van der Waals surface area contributed by atoms with Gasteiger partial charge in [0.2, 0.25) is 0 Å². The van der Waals surface area contributed by atoms with Crippen LogP contribution in [0.25, 0.3) is 0 Å². The van der Waals surface area contributed by atoms with Gasteiger partial charge in [0.15, 0.2) is 5.41 Å². The van der Waals surface area contributed by atoms with Crippen LogP contribution in [0.2, 0.25) is 0 Å². The van der Waals surface area contributed by atoms with Crippen LogP contribution in [0.4, 0.5) is 0 Å². The molecule has 3 nitrogen and oxygen atoms in total. The molecule has 16 heavy (non-hydrogen) atoms. The average Bonchev–Trinajstić information content (AvgIpc) is 3.00. The lowest BCUT2D eigenvalue weighted by atomic mass is 10.0. The molecule has 3 heteroatoms. The predicted molar refractivity (Wildman–Crippen MR) is 58.5 cm³/mol. The van der Waals surface area contributed by atoms with Gasteiger partial charge in [-0.05, 0) is 18.9 Å². The van der Waals surface area contributed by atoms with Gasteiger partial charge in [-0.1, -0.05) is 30.3 Å². The Morgan fingerprint density at radius 2 is 2.38 bits per heavy atom. The van der Waals surface area contributed by atoms with E-state index >= 15 is 0 Å². The van der Waals surface area contributed by atoms with Gasteiger partial charge in [0.1, 0.15) is 0 Å². The molecule has 0 aromatic heterocycles. The molecule has 0 aliphatic heterocycles. The number of rotatable bonds is 3. The average molecular weight is 216 g/mol. The molecule has 1 fully saturated rings. The maximum absolute atomic E-state index is 11.8. The summed E-state index contributed by atoms with van der Waals surface area (Å²) < 4.78 is 13.2. The van der Waals surface area contributed by atoms with Crippen LogP contribution in [-0.2, 0) is 9.53 Å². The third-order valence-corrected chi connectivity index (χ3v) is 2.77. The molecule has 2 atom stereocenters. The quantitative estimate of drug-likeness (QED) is 0.728. The Morgan fingerprint density at radius 3 is 2.94 bits per heavy atom. The summed E-state index contributed by atoms with van der Waals surface area (Å²) in [6, 6.07) is 10.9. The predicted octanol–water partition coefficient (Wildman–Crippen LogP) is 2.25. The Morgan fingerprint density at radius 1 is 1.69 bits per heavy atom. The first kappa shape index (κ1) is 9.41. The highest BCUT2D eigenvalue weighted by Gasteiger charge is 2.62. The Bertz CT molecular complexity index is 482. The van der Waals surface area contributed by atoms with Gasteiger partial charge in [0.05, 0.1) is 12.7 Å². The third-order valence-electron chi connectivity index (χ3n) is 2.77. The van der Waals surface area contributed by atoms with E-state index in [9.17, 15) is 10.1 Å². The second-order valence-corrected chi connectivity index (χ2v) is 3.76. The number of hydrogen-bond donors (Lipinski definition) is 0. The van der Waals surface area contributed by atoms with Crippen LogP contribution in [0.5, 0.6) is 0 Å². The zero-order valence-corrected chi connectivity index (χ0v) is 9.06. The van der Waals surface area contributed by atoms with Crippen molar-refractivity contribution in [1.29, 1.82) is 5.26 Å². The smallest absolute Gasteiger partial charge is 0.327 e. The third kappa shape index (κ3) is 1.57. The van der Waals surface area contributed by atoms with Gasteiger partial charge in [-0.2, -0.15) is 5.26 Å². The number of nitrogens with zero attached hydrogens (tertiary/aromatic N) is 1. The molecule has 0 bridgehead atoms. The van der Waals surface area contributed by atoms with Gasteiger partial charge in [-0.15, -0.1) is 0 Å². The van der Waals surface area contributed by atoms with Gasteiger partial charge in [0, 0.05) is 7.26 Å². The first-order valence-electron chi connectivity index (χ1n) is 5.75. The highest BCUT2D eigenvalue weighted by Crippen LogP contribution is 2.59. The van der Waals surface area contributed by atoms with Crippen LogP contribution < -0.4 is 0 Å². The molecule has 0 heterocycles. The van der Waals surface area contributed by atoms with E-state index in [4.69, 9.17) is 6.11 Å². The molecule has 1 aromatic carbocycles. The highest BCUT2D eigenvalue weighted by atomic mass is 16.5. The monoisotopic (exact) mass is 216 g/mol. The van der Waals surface area contributed by atoms with E-state index in [0.717, 1.165) is 0 Å². The summed E-state index contributed by atoms with van der Waals surface area (Å²) in [6.07, 6.45) is 0.208. The van der Waals surface area contributed by atoms with E-state index < -0.39 is 17.3 Å². The van der Waals surface area contributed by atoms with Gasteiger partial charge >= 0.3 is 5.97 Å². The van der Waals surface area contributed by atoms with Crippen molar-refractivity contribution < 1.29 is 10.9 Å². The van der Waals surface area contributed by atoms with E-state index in [1.807, 2.05) is 12.1 Å². The molecule has 0 unspecified atom stereocenters. The summed E-state index contributed by atoms with van der Waals surface area (Å²) >= 11 is 0. The van der Waals surface area contributed by atoms with E-state index in [0.29, 0.717) is 5.56 Å². The molecule has 1 aliphatic carbocycles. The SMILES string of the molecule is [2H][C@]1(c2ccccc2)C[C@]1(C#N)C(=O)OCC. The molecule has 0 spiro atoms. The summed E-state index contributed by atoms with van der Waals surface area (Å²) in [7, 11) is 0. The molecule has 82 valence electrons. The van der Waals surface area contributed by atoms with Gasteiger partial charge in [-0.3, -0.25) is 4.79 Å². The van der Waals surface area contributed by atoms with Crippen LogP contribution in [0, 0.1) is 16.7 Å². The van der Waals surface area contributed by atoms with Crippen LogP contribution in [-0.4, -0.2) is 12.6 Å². The number of carbonyl (C=O) groups is 1. The molecule has 0 saturated heterocycles. The summed E-state index contributed by atoms with van der Waals surface area (Å²) in [5.41, 5.74) is -0.640. The van der Waals surface area contributed by atoms with E-state index in [-0.39, 0.29) is 13.0 Å². The lowest BCUT2D eigenvalue weighted by Crippen LogP contribution is -2.19. The van der Waals surface area contributed by atoms with E-state index in [2.05, 4.69) is 0 Å². The molecule has 1 aromatic rings. The topological polar surface area (TPSA) is 50.1 Å². The first-order chi connectivity index (χ1) is 8.10. The Labute approximate surface area is 96.1 Å². The van der Waals surface area contributed by atoms with Crippen molar-refractivity contribution >= 4 is 5.97 Å². The summed E-state index contributed by atoms with van der Waals surface area (Å²) in [5, 5.41) is 9.18. The van der Waals surface area contributed by atoms with Crippen LogP contribution >= 0.6 is 0 Å². The first-order valence-corrected chi connectivity index (χ1v) is 5.25. The van der Waals surface area contributed by atoms with Crippen molar-refractivity contribution in [2.75, 3.05) is 6.61 Å². The lowest BCUT2D eigenvalue weighted by Gasteiger charge is -2.07. The molecular formula is C13H13NO2. The second kappa shape index (κ2) is 3.97.